The van der Waals surface area contributed by atoms with E-state index in [1.807, 2.05) is 22.2 Å². The summed E-state index contributed by atoms with van der Waals surface area (Å²) in [4.78, 5) is 5.57. The molecule has 0 fully saturated rings. The van der Waals surface area contributed by atoms with Crippen LogP contribution in [0.4, 0.5) is 0 Å². The van der Waals surface area contributed by atoms with Gasteiger partial charge in [0.15, 0.2) is 4.96 Å². The standard InChI is InChI=1S/C13H21N3OS/c1-13(2,3)11(17-4)10(14)7-9-8-16-5-6-18-12(16)15-9/h5-6,8,10-11H,7,14H2,1-4H3. The van der Waals surface area contributed by atoms with Crippen molar-refractivity contribution in [3.8, 4) is 0 Å². The Balaban J connectivity index is 2.10. The van der Waals surface area contributed by atoms with Crippen LogP contribution in [0.15, 0.2) is 17.8 Å². The number of rotatable bonds is 4. The highest BCUT2D eigenvalue weighted by Crippen LogP contribution is 2.25. The topological polar surface area (TPSA) is 52.5 Å². The summed E-state index contributed by atoms with van der Waals surface area (Å²) >= 11 is 1.63. The monoisotopic (exact) mass is 267 g/mol. The van der Waals surface area contributed by atoms with Crippen LogP contribution in [0, 0.1) is 5.41 Å². The maximum atomic E-state index is 6.27. The van der Waals surface area contributed by atoms with E-state index in [-0.39, 0.29) is 17.6 Å². The number of nitrogens with zero attached hydrogens (tertiary/aromatic N) is 2. The van der Waals surface area contributed by atoms with Gasteiger partial charge in [-0.3, -0.25) is 4.40 Å². The summed E-state index contributed by atoms with van der Waals surface area (Å²) < 4.78 is 7.58. The van der Waals surface area contributed by atoms with Gasteiger partial charge in [-0.1, -0.05) is 20.8 Å². The fourth-order valence-corrected chi connectivity index (χ4v) is 3.11. The van der Waals surface area contributed by atoms with Gasteiger partial charge >= 0.3 is 0 Å². The number of ether oxygens (including phenoxy) is 1. The van der Waals surface area contributed by atoms with Crippen molar-refractivity contribution < 1.29 is 4.74 Å². The van der Waals surface area contributed by atoms with E-state index in [4.69, 9.17) is 10.5 Å². The number of methoxy groups -OCH3 is 1. The summed E-state index contributed by atoms with van der Waals surface area (Å²) in [5, 5.41) is 2.03. The van der Waals surface area contributed by atoms with Crippen LogP contribution >= 0.6 is 11.3 Å². The van der Waals surface area contributed by atoms with Crippen LogP contribution in [0.1, 0.15) is 26.5 Å². The zero-order valence-electron chi connectivity index (χ0n) is 11.4. The maximum Gasteiger partial charge on any atom is 0.193 e. The molecule has 4 nitrogen and oxygen atoms in total. The van der Waals surface area contributed by atoms with E-state index in [1.54, 1.807) is 18.4 Å². The lowest BCUT2D eigenvalue weighted by Crippen LogP contribution is -2.46. The van der Waals surface area contributed by atoms with E-state index in [0.29, 0.717) is 0 Å². The molecule has 2 aromatic rings. The predicted octanol–water partition coefficient (Wildman–Crippen LogP) is 2.33. The van der Waals surface area contributed by atoms with E-state index in [2.05, 4.69) is 25.8 Å². The van der Waals surface area contributed by atoms with Crippen LogP contribution in [-0.4, -0.2) is 28.6 Å². The molecule has 0 aliphatic heterocycles. The van der Waals surface area contributed by atoms with E-state index in [0.717, 1.165) is 17.1 Å². The molecule has 2 aromatic heterocycles. The second kappa shape index (κ2) is 4.99. The summed E-state index contributed by atoms with van der Waals surface area (Å²) in [6.07, 6.45) is 4.82. The van der Waals surface area contributed by atoms with Crippen molar-refractivity contribution in [1.82, 2.24) is 9.38 Å². The van der Waals surface area contributed by atoms with Gasteiger partial charge in [0.1, 0.15) is 0 Å². The van der Waals surface area contributed by atoms with Gasteiger partial charge in [-0.2, -0.15) is 0 Å². The van der Waals surface area contributed by atoms with Gasteiger partial charge in [0, 0.05) is 37.3 Å². The number of imidazole rings is 1. The Morgan fingerprint density at radius 1 is 1.50 bits per heavy atom. The van der Waals surface area contributed by atoms with Crippen molar-refractivity contribution in [3.63, 3.8) is 0 Å². The lowest BCUT2D eigenvalue weighted by atomic mass is 9.83. The van der Waals surface area contributed by atoms with Gasteiger partial charge in [0.25, 0.3) is 0 Å². The first-order chi connectivity index (χ1) is 8.41. The Labute approximate surface area is 112 Å². The first-order valence-electron chi connectivity index (χ1n) is 6.11. The van der Waals surface area contributed by atoms with E-state index < -0.39 is 0 Å². The predicted molar refractivity (Wildman–Crippen MR) is 75.0 cm³/mol. The Kier molecular flexibility index (Phi) is 3.75. The maximum absolute atomic E-state index is 6.27. The van der Waals surface area contributed by atoms with Crippen LogP contribution in [0.5, 0.6) is 0 Å². The zero-order valence-corrected chi connectivity index (χ0v) is 12.2. The molecule has 0 aromatic carbocycles. The van der Waals surface area contributed by atoms with Crippen LogP contribution in [0.25, 0.3) is 4.96 Å². The number of nitrogens with two attached hydrogens (primary N) is 1. The summed E-state index contributed by atoms with van der Waals surface area (Å²) in [5.41, 5.74) is 7.33. The molecular formula is C13H21N3OS. The molecule has 2 unspecified atom stereocenters. The highest BCUT2D eigenvalue weighted by Gasteiger charge is 2.30. The third kappa shape index (κ3) is 2.74. The van der Waals surface area contributed by atoms with Gasteiger partial charge in [-0.15, -0.1) is 11.3 Å². The minimum atomic E-state index is -0.0420. The second-order valence-electron chi connectivity index (χ2n) is 5.72. The fourth-order valence-electron chi connectivity index (χ4n) is 2.39. The average Bonchev–Trinajstić information content (AvgIpc) is 2.75. The lowest BCUT2D eigenvalue weighted by Gasteiger charge is -2.33. The molecule has 2 atom stereocenters. The first-order valence-corrected chi connectivity index (χ1v) is 6.99. The van der Waals surface area contributed by atoms with Crippen LogP contribution in [-0.2, 0) is 11.2 Å². The smallest absolute Gasteiger partial charge is 0.193 e. The van der Waals surface area contributed by atoms with Crippen molar-refractivity contribution in [3.05, 3.63) is 23.5 Å². The summed E-state index contributed by atoms with van der Waals surface area (Å²) in [5.74, 6) is 0. The number of fused-ring (bicyclic) bond motifs is 1. The Bertz CT molecular complexity index is 483. The summed E-state index contributed by atoms with van der Waals surface area (Å²) in [7, 11) is 1.72. The van der Waals surface area contributed by atoms with Crippen LogP contribution in [0.2, 0.25) is 0 Å². The molecule has 18 heavy (non-hydrogen) atoms. The molecule has 0 saturated carbocycles. The van der Waals surface area contributed by atoms with Crippen molar-refractivity contribution in [2.24, 2.45) is 11.1 Å². The molecule has 2 heterocycles. The Morgan fingerprint density at radius 2 is 2.22 bits per heavy atom. The van der Waals surface area contributed by atoms with Crippen LogP contribution in [0.3, 0.4) is 0 Å². The minimum Gasteiger partial charge on any atom is -0.379 e. The first kappa shape index (κ1) is 13.5. The second-order valence-corrected chi connectivity index (χ2v) is 6.59. The van der Waals surface area contributed by atoms with Gasteiger partial charge in [0.2, 0.25) is 0 Å². The number of hydrogen-bond donors (Lipinski definition) is 1. The van der Waals surface area contributed by atoms with Crippen molar-refractivity contribution in [2.45, 2.75) is 39.3 Å². The molecule has 100 valence electrons. The van der Waals surface area contributed by atoms with Gasteiger partial charge < -0.3 is 10.5 Å². The van der Waals surface area contributed by atoms with Crippen molar-refractivity contribution in [1.29, 1.82) is 0 Å². The van der Waals surface area contributed by atoms with Crippen LogP contribution < -0.4 is 5.73 Å². The Morgan fingerprint density at radius 3 is 2.78 bits per heavy atom. The van der Waals surface area contributed by atoms with E-state index in [1.165, 1.54) is 0 Å². The molecule has 5 heteroatoms. The minimum absolute atomic E-state index is 0.0252. The van der Waals surface area contributed by atoms with Crippen molar-refractivity contribution in [2.75, 3.05) is 7.11 Å². The molecule has 2 N–H and O–H groups in total. The van der Waals surface area contributed by atoms with Gasteiger partial charge in [0.05, 0.1) is 11.8 Å². The molecule has 2 rings (SSSR count). The average molecular weight is 267 g/mol. The number of aromatic nitrogens is 2. The molecule has 0 aliphatic carbocycles. The highest BCUT2D eigenvalue weighted by molar-refractivity contribution is 7.15. The third-order valence-electron chi connectivity index (χ3n) is 3.08. The summed E-state index contributed by atoms with van der Waals surface area (Å²) in [6.45, 7) is 6.44. The normalized spacial score (nSPS) is 16.1. The highest BCUT2D eigenvalue weighted by atomic mass is 32.1. The quantitative estimate of drug-likeness (QED) is 0.925. The fraction of sp³-hybridized carbons (Fsp3) is 0.615. The zero-order chi connectivity index (χ0) is 13.3. The lowest BCUT2D eigenvalue weighted by molar-refractivity contribution is -0.00182. The largest absolute Gasteiger partial charge is 0.379 e. The van der Waals surface area contributed by atoms with Gasteiger partial charge in [-0.25, -0.2) is 4.98 Å². The molecule has 0 amide bonds. The molecule has 0 bridgehead atoms. The molecule has 0 saturated heterocycles. The SMILES string of the molecule is COC(C(N)Cc1cn2ccsc2n1)C(C)(C)C. The summed E-state index contributed by atoms with van der Waals surface area (Å²) in [6, 6.07) is -0.0420. The Hall–Kier alpha value is -0.910. The van der Waals surface area contributed by atoms with E-state index >= 15 is 0 Å². The van der Waals surface area contributed by atoms with E-state index in [9.17, 15) is 0 Å². The third-order valence-corrected chi connectivity index (χ3v) is 3.86. The molecule has 0 radical (unpaired) electrons. The molecule has 0 aliphatic rings. The molecular weight excluding hydrogens is 246 g/mol. The molecule has 0 spiro atoms. The number of hydrogen-bond acceptors (Lipinski definition) is 4. The van der Waals surface area contributed by atoms with Crippen molar-refractivity contribution >= 4 is 16.3 Å². The number of thiazole rings is 1. The van der Waals surface area contributed by atoms with Gasteiger partial charge in [-0.05, 0) is 5.41 Å².